The second kappa shape index (κ2) is 9.65. The standard InChI is InChI=1S/C30H31N3O4/c1-30(2,3)22-12-10-20(11-13-22)29-32-26(27(37-29)21-7-6-8-23(16-21)33(4)5)28(34)31-17-19-9-14-24-25(15-19)36-18-35-24/h6-16H,17-18H2,1-5H3,(H,31,34). The van der Waals surface area contributed by atoms with Gasteiger partial charge in [0.05, 0.1) is 0 Å². The third kappa shape index (κ3) is 5.16. The van der Waals surface area contributed by atoms with Gasteiger partial charge in [0.2, 0.25) is 12.7 Å². The van der Waals surface area contributed by atoms with E-state index in [0.717, 1.165) is 22.4 Å². The molecule has 0 spiro atoms. The first-order valence-corrected chi connectivity index (χ1v) is 12.3. The van der Waals surface area contributed by atoms with Crippen LogP contribution in [0.5, 0.6) is 11.5 Å². The van der Waals surface area contributed by atoms with Crippen molar-refractivity contribution >= 4 is 11.6 Å². The van der Waals surface area contributed by atoms with E-state index in [4.69, 9.17) is 13.9 Å². The molecule has 1 amide bonds. The topological polar surface area (TPSA) is 76.8 Å². The Morgan fingerprint density at radius 3 is 2.43 bits per heavy atom. The molecule has 7 heteroatoms. The Bertz CT molecular complexity index is 1430. The molecule has 0 fully saturated rings. The highest BCUT2D eigenvalue weighted by molar-refractivity contribution is 5.98. The van der Waals surface area contributed by atoms with Crippen molar-refractivity contribution in [2.45, 2.75) is 32.7 Å². The average molecular weight is 498 g/mol. The van der Waals surface area contributed by atoms with Gasteiger partial charge in [-0.1, -0.05) is 51.1 Å². The molecule has 1 aliphatic heterocycles. The molecule has 0 bridgehead atoms. The van der Waals surface area contributed by atoms with Crippen molar-refractivity contribution < 1.29 is 18.7 Å². The summed E-state index contributed by atoms with van der Waals surface area (Å²) in [5.41, 5.74) is 4.98. The zero-order valence-electron chi connectivity index (χ0n) is 21.8. The molecule has 190 valence electrons. The molecule has 7 nitrogen and oxygen atoms in total. The van der Waals surface area contributed by atoms with Crippen LogP contribution in [0.4, 0.5) is 5.69 Å². The Hall–Kier alpha value is -4.26. The van der Waals surface area contributed by atoms with Crippen LogP contribution in [0, 0.1) is 0 Å². The minimum atomic E-state index is -0.316. The maximum atomic E-state index is 13.4. The number of carbonyl (C=O) groups excluding carboxylic acids is 1. The molecule has 37 heavy (non-hydrogen) atoms. The number of nitrogens with zero attached hydrogens (tertiary/aromatic N) is 2. The number of ether oxygens (including phenoxy) is 2. The molecule has 0 radical (unpaired) electrons. The highest BCUT2D eigenvalue weighted by atomic mass is 16.7. The minimum Gasteiger partial charge on any atom is -0.454 e. The molecule has 1 N–H and O–H groups in total. The van der Waals surface area contributed by atoms with Crippen LogP contribution in [-0.2, 0) is 12.0 Å². The van der Waals surface area contributed by atoms with Crippen LogP contribution < -0.4 is 19.7 Å². The molecule has 0 aliphatic carbocycles. The Labute approximate surface area is 217 Å². The van der Waals surface area contributed by atoms with Crippen LogP contribution in [0.15, 0.2) is 71.1 Å². The first kappa shape index (κ1) is 24.4. The number of hydrogen-bond donors (Lipinski definition) is 1. The molecule has 0 atom stereocenters. The lowest BCUT2D eigenvalue weighted by atomic mass is 9.87. The van der Waals surface area contributed by atoms with Crippen LogP contribution in [0.1, 0.15) is 42.4 Å². The molecular formula is C30H31N3O4. The Morgan fingerprint density at radius 1 is 0.946 bits per heavy atom. The van der Waals surface area contributed by atoms with Crippen molar-refractivity contribution in [3.63, 3.8) is 0 Å². The summed E-state index contributed by atoms with van der Waals surface area (Å²) in [5, 5.41) is 2.98. The SMILES string of the molecule is CN(C)c1cccc(-c2oc(-c3ccc(C(C)(C)C)cc3)nc2C(=O)NCc2ccc3c(c2)OCO3)c1. The van der Waals surface area contributed by atoms with E-state index in [2.05, 4.69) is 43.2 Å². The first-order valence-electron chi connectivity index (χ1n) is 12.3. The maximum absolute atomic E-state index is 13.4. The fraction of sp³-hybridized carbons (Fsp3) is 0.267. The number of anilines is 1. The molecule has 1 aliphatic rings. The predicted octanol–water partition coefficient (Wildman–Crippen LogP) is 6.03. The minimum absolute atomic E-state index is 0.0344. The van der Waals surface area contributed by atoms with Crippen molar-refractivity contribution in [3.8, 4) is 34.3 Å². The molecule has 1 aromatic heterocycles. The maximum Gasteiger partial charge on any atom is 0.274 e. The summed E-state index contributed by atoms with van der Waals surface area (Å²) in [7, 11) is 3.95. The van der Waals surface area contributed by atoms with Gasteiger partial charge in [-0.3, -0.25) is 4.79 Å². The summed E-state index contributed by atoms with van der Waals surface area (Å²) in [6.45, 7) is 7.04. The van der Waals surface area contributed by atoms with E-state index in [1.807, 2.05) is 73.6 Å². The molecule has 3 aromatic carbocycles. The number of hydrogen-bond acceptors (Lipinski definition) is 6. The lowest BCUT2D eigenvalue weighted by molar-refractivity contribution is 0.0946. The fourth-order valence-corrected chi connectivity index (χ4v) is 4.15. The Morgan fingerprint density at radius 2 is 1.70 bits per heavy atom. The van der Waals surface area contributed by atoms with Gasteiger partial charge < -0.3 is 24.1 Å². The fourth-order valence-electron chi connectivity index (χ4n) is 4.15. The van der Waals surface area contributed by atoms with E-state index in [0.29, 0.717) is 29.7 Å². The lowest BCUT2D eigenvalue weighted by Crippen LogP contribution is -2.23. The van der Waals surface area contributed by atoms with Gasteiger partial charge in [-0.15, -0.1) is 0 Å². The predicted molar refractivity (Wildman–Crippen MR) is 144 cm³/mol. The van der Waals surface area contributed by atoms with Gasteiger partial charge in [0, 0.05) is 37.5 Å². The van der Waals surface area contributed by atoms with E-state index >= 15 is 0 Å². The van der Waals surface area contributed by atoms with E-state index in [-0.39, 0.29) is 23.8 Å². The highest BCUT2D eigenvalue weighted by Crippen LogP contribution is 2.34. The average Bonchev–Trinajstić information content (AvgIpc) is 3.54. The van der Waals surface area contributed by atoms with Crippen molar-refractivity contribution in [1.29, 1.82) is 0 Å². The van der Waals surface area contributed by atoms with Crippen LogP contribution in [-0.4, -0.2) is 31.8 Å². The van der Waals surface area contributed by atoms with E-state index < -0.39 is 0 Å². The number of nitrogens with one attached hydrogen (secondary N) is 1. The van der Waals surface area contributed by atoms with Gasteiger partial charge in [0.1, 0.15) is 0 Å². The smallest absolute Gasteiger partial charge is 0.274 e. The summed E-state index contributed by atoms with van der Waals surface area (Å²) in [4.78, 5) is 20.1. The second-order valence-corrected chi connectivity index (χ2v) is 10.3. The van der Waals surface area contributed by atoms with E-state index in [9.17, 15) is 4.79 Å². The molecule has 0 saturated heterocycles. The van der Waals surface area contributed by atoms with Crippen LogP contribution in [0.3, 0.4) is 0 Å². The normalized spacial score (nSPS) is 12.5. The molecule has 0 saturated carbocycles. The van der Waals surface area contributed by atoms with E-state index in [1.54, 1.807) is 0 Å². The first-order chi connectivity index (χ1) is 17.7. The zero-order valence-corrected chi connectivity index (χ0v) is 21.8. The molecular weight excluding hydrogens is 466 g/mol. The second-order valence-electron chi connectivity index (χ2n) is 10.3. The van der Waals surface area contributed by atoms with Crippen molar-refractivity contribution in [3.05, 3.63) is 83.6 Å². The number of fused-ring (bicyclic) bond motifs is 1. The summed E-state index contributed by atoms with van der Waals surface area (Å²) in [6, 6.07) is 21.6. The number of rotatable bonds is 6. The molecule has 5 rings (SSSR count). The largest absolute Gasteiger partial charge is 0.454 e. The van der Waals surface area contributed by atoms with Gasteiger partial charge in [0.15, 0.2) is 23.0 Å². The summed E-state index contributed by atoms with van der Waals surface area (Å²) >= 11 is 0. The summed E-state index contributed by atoms with van der Waals surface area (Å²) in [6.07, 6.45) is 0. The van der Waals surface area contributed by atoms with Gasteiger partial charge in [0.25, 0.3) is 5.91 Å². The third-order valence-electron chi connectivity index (χ3n) is 6.35. The summed E-state index contributed by atoms with van der Waals surface area (Å²) in [5.74, 6) is 1.90. The van der Waals surface area contributed by atoms with Crippen molar-refractivity contribution in [1.82, 2.24) is 10.3 Å². The van der Waals surface area contributed by atoms with Crippen LogP contribution in [0.25, 0.3) is 22.8 Å². The summed E-state index contributed by atoms with van der Waals surface area (Å²) < 4.78 is 17.1. The number of benzene rings is 3. The highest BCUT2D eigenvalue weighted by Gasteiger charge is 2.23. The van der Waals surface area contributed by atoms with Crippen molar-refractivity contribution in [2.24, 2.45) is 0 Å². The zero-order chi connectivity index (χ0) is 26.2. The lowest BCUT2D eigenvalue weighted by Gasteiger charge is -2.18. The number of aromatic nitrogens is 1. The third-order valence-corrected chi connectivity index (χ3v) is 6.35. The monoisotopic (exact) mass is 497 g/mol. The number of oxazole rings is 1. The number of carbonyl (C=O) groups is 1. The van der Waals surface area contributed by atoms with Gasteiger partial charge >= 0.3 is 0 Å². The van der Waals surface area contributed by atoms with E-state index in [1.165, 1.54) is 5.56 Å². The quantitative estimate of drug-likeness (QED) is 0.350. The van der Waals surface area contributed by atoms with Gasteiger partial charge in [-0.25, -0.2) is 4.98 Å². The number of amides is 1. The molecule has 0 unspecified atom stereocenters. The van der Waals surface area contributed by atoms with Crippen molar-refractivity contribution in [2.75, 3.05) is 25.8 Å². The van der Waals surface area contributed by atoms with Gasteiger partial charge in [-0.05, 0) is 52.9 Å². The molecule has 4 aromatic rings. The van der Waals surface area contributed by atoms with Crippen LogP contribution in [0.2, 0.25) is 0 Å². The van der Waals surface area contributed by atoms with Crippen LogP contribution >= 0.6 is 0 Å². The molecule has 2 heterocycles. The Kier molecular flexibility index (Phi) is 6.38. The van der Waals surface area contributed by atoms with Gasteiger partial charge in [-0.2, -0.15) is 0 Å². The Balaban J connectivity index is 1.47.